The van der Waals surface area contributed by atoms with Crippen LogP contribution in [0.3, 0.4) is 0 Å². The van der Waals surface area contributed by atoms with Gasteiger partial charge in [-0.25, -0.2) is 0 Å². The van der Waals surface area contributed by atoms with Crippen LogP contribution in [0, 0.1) is 6.92 Å². The third kappa shape index (κ3) is 4.18. The first-order valence-corrected chi connectivity index (χ1v) is 7.92. The molecule has 0 bridgehead atoms. The zero-order valence-corrected chi connectivity index (χ0v) is 13.7. The molecule has 0 saturated carbocycles. The summed E-state index contributed by atoms with van der Waals surface area (Å²) < 4.78 is 0. The maximum Gasteiger partial charge on any atom is 0.0644 e. The Bertz CT molecular complexity index is 610. The van der Waals surface area contributed by atoms with E-state index >= 15 is 0 Å². The molecule has 0 radical (unpaired) electrons. The van der Waals surface area contributed by atoms with Crippen LogP contribution >= 0.6 is 11.6 Å². The Morgan fingerprint density at radius 2 is 1.71 bits per heavy atom. The second kappa shape index (κ2) is 7.42. The highest BCUT2D eigenvalue weighted by molar-refractivity contribution is 6.31. The van der Waals surface area contributed by atoms with Crippen molar-refractivity contribution in [3.05, 3.63) is 64.2 Å². The number of benzene rings is 2. The molecule has 0 spiro atoms. The predicted octanol–water partition coefficient (Wildman–Crippen LogP) is 6.30. The third-order valence-corrected chi connectivity index (χ3v) is 4.32. The molecule has 110 valence electrons. The minimum absolute atomic E-state index is 0.659. The molecular weight excluding hydrogens is 278 g/mol. The molecule has 0 N–H and O–H groups in total. The van der Waals surface area contributed by atoms with Crippen LogP contribution < -0.4 is 0 Å². The summed E-state index contributed by atoms with van der Waals surface area (Å²) in [6.45, 7) is 6.47. The van der Waals surface area contributed by atoms with E-state index in [0.29, 0.717) is 5.92 Å². The lowest BCUT2D eigenvalue weighted by Gasteiger charge is -2.12. The maximum absolute atomic E-state index is 6.11. The molecule has 0 fully saturated rings. The molecule has 0 aromatic heterocycles. The fraction of sp³-hybridized carbons (Fsp3) is 0.316. The van der Waals surface area contributed by atoms with Gasteiger partial charge in [0.2, 0.25) is 0 Å². The van der Waals surface area contributed by atoms with E-state index in [-0.39, 0.29) is 0 Å². The summed E-state index contributed by atoms with van der Waals surface area (Å²) in [6.07, 6.45) is 4.26. The molecule has 2 aromatic carbocycles. The van der Waals surface area contributed by atoms with Gasteiger partial charge in [-0.2, -0.15) is 0 Å². The molecule has 2 heteroatoms. The first-order chi connectivity index (χ1) is 10.1. The van der Waals surface area contributed by atoms with Crippen molar-refractivity contribution in [1.82, 2.24) is 0 Å². The van der Waals surface area contributed by atoms with Gasteiger partial charge in [-0.3, -0.25) is 4.99 Å². The van der Waals surface area contributed by atoms with Crippen molar-refractivity contribution in [1.29, 1.82) is 0 Å². The lowest BCUT2D eigenvalue weighted by atomic mass is 9.93. The number of rotatable bonds is 5. The first-order valence-electron chi connectivity index (χ1n) is 7.54. The summed E-state index contributed by atoms with van der Waals surface area (Å²) in [6, 6.07) is 14.6. The topological polar surface area (TPSA) is 12.4 Å². The third-order valence-electron chi connectivity index (χ3n) is 3.91. The lowest BCUT2D eigenvalue weighted by Crippen LogP contribution is -1.95. The van der Waals surface area contributed by atoms with Crippen molar-refractivity contribution >= 4 is 23.5 Å². The highest BCUT2D eigenvalue weighted by Gasteiger charge is 2.05. The molecule has 0 atom stereocenters. The zero-order valence-electron chi connectivity index (χ0n) is 12.9. The first kappa shape index (κ1) is 15.8. The fourth-order valence-electron chi connectivity index (χ4n) is 2.43. The van der Waals surface area contributed by atoms with Gasteiger partial charge in [-0.05, 0) is 54.5 Å². The van der Waals surface area contributed by atoms with Gasteiger partial charge in [-0.15, -0.1) is 0 Å². The Morgan fingerprint density at radius 3 is 2.29 bits per heavy atom. The lowest BCUT2D eigenvalue weighted by molar-refractivity contribution is 0.642. The zero-order chi connectivity index (χ0) is 15.2. The van der Waals surface area contributed by atoms with Crippen LogP contribution in [0.15, 0.2) is 47.5 Å². The maximum atomic E-state index is 6.11. The molecule has 1 nitrogen and oxygen atoms in total. The molecule has 0 aliphatic carbocycles. The Hall–Kier alpha value is -1.60. The summed E-state index contributed by atoms with van der Waals surface area (Å²) >= 11 is 6.11. The average molecular weight is 300 g/mol. The highest BCUT2D eigenvalue weighted by Crippen LogP contribution is 2.24. The van der Waals surface area contributed by atoms with Crippen LogP contribution in [-0.4, -0.2) is 6.21 Å². The van der Waals surface area contributed by atoms with E-state index in [4.69, 9.17) is 11.6 Å². The Kier molecular flexibility index (Phi) is 5.58. The summed E-state index contributed by atoms with van der Waals surface area (Å²) in [5.74, 6) is 0.659. The van der Waals surface area contributed by atoms with E-state index < -0.39 is 0 Å². The van der Waals surface area contributed by atoms with Gasteiger partial charge in [-0.1, -0.05) is 55.8 Å². The number of hydrogen-bond acceptors (Lipinski definition) is 1. The molecule has 0 aliphatic rings. The molecule has 0 unspecified atom stereocenters. The smallest absolute Gasteiger partial charge is 0.0644 e. The van der Waals surface area contributed by atoms with E-state index in [1.807, 2.05) is 31.3 Å². The van der Waals surface area contributed by atoms with Crippen LogP contribution in [0.4, 0.5) is 5.69 Å². The van der Waals surface area contributed by atoms with Crippen molar-refractivity contribution < 1.29 is 0 Å². The molecule has 21 heavy (non-hydrogen) atoms. The van der Waals surface area contributed by atoms with E-state index in [9.17, 15) is 0 Å². The molecule has 0 saturated heterocycles. The molecule has 0 amide bonds. The number of halogens is 1. The van der Waals surface area contributed by atoms with E-state index in [0.717, 1.165) is 21.8 Å². The molecule has 2 rings (SSSR count). The summed E-state index contributed by atoms with van der Waals surface area (Å²) in [5.41, 5.74) is 4.48. The Balaban J connectivity index is 2.12. The van der Waals surface area contributed by atoms with Crippen molar-refractivity contribution in [2.24, 2.45) is 4.99 Å². The van der Waals surface area contributed by atoms with Gasteiger partial charge in [0.15, 0.2) is 0 Å². The molecule has 0 aliphatic heterocycles. The van der Waals surface area contributed by atoms with Gasteiger partial charge in [0.25, 0.3) is 0 Å². The van der Waals surface area contributed by atoms with E-state index in [1.165, 1.54) is 18.4 Å². The van der Waals surface area contributed by atoms with Crippen LogP contribution in [-0.2, 0) is 0 Å². The van der Waals surface area contributed by atoms with Gasteiger partial charge < -0.3 is 0 Å². The number of hydrogen-bond donors (Lipinski definition) is 0. The Morgan fingerprint density at radius 1 is 1.05 bits per heavy atom. The van der Waals surface area contributed by atoms with Gasteiger partial charge in [0.1, 0.15) is 0 Å². The average Bonchev–Trinajstić information content (AvgIpc) is 2.51. The van der Waals surface area contributed by atoms with Gasteiger partial charge in [0.05, 0.1) is 5.69 Å². The van der Waals surface area contributed by atoms with Crippen LogP contribution in [0.2, 0.25) is 5.02 Å². The highest BCUT2D eigenvalue weighted by atomic mass is 35.5. The van der Waals surface area contributed by atoms with E-state index in [2.05, 4.69) is 43.1 Å². The monoisotopic (exact) mass is 299 g/mol. The van der Waals surface area contributed by atoms with Crippen LogP contribution in [0.1, 0.15) is 49.3 Å². The number of nitrogens with zero attached hydrogens (tertiary/aromatic N) is 1. The molecular formula is C19H22ClN. The minimum Gasteiger partial charge on any atom is -0.256 e. The van der Waals surface area contributed by atoms with Crippen molar-refractivity contribution in [2.75, 3.05) is 0 Å². The minimum atomic E-state index is 0.659. The quantitative estimate of drug-likeness (QED) is 0.574. The largest absolute Gasteiger partial charge is 0.256 e. The van der Waals surface area contributed by atoms with Crippen molar-refractivity contribution in [3.8, 4) is 0 Å². The van der Waals surface area contributed by atoms with Gasteiger partial charge >= 0.3 is 0 Å². The number of aliphatic imine (C=N–C) groups is 1. The predicted molar refractivity (Wildman–Crippen MR) is 93.2 cm³/mol. The van der Waals surface area contributed by atoms with Crippen LogP contribution in [0.25, 0.3) is 0 Å². The van der Waals surface area contributed by atoms with Crippen molar-refractivity contribution in [2.45, 2.75) is 39.5 Å². The van der Waals surface area contributed by atoms with Crippen LogP contribution in [0.5, 0.6) is 0 Å². The second-order valence-electron chi connectivity index (χ2n) is 5.37. The number of aryl methyl sites for hydroxylation is 1. The summed E-state index contributed by atoms with van der Waals surface area (Å²) in [5, 5.41) is 0.758. The second-order valence-corrected chi connectivity index (χ2v) is 5.78. The standard InChI is InChI=1S/C19H22ClN/c1-4-16(5-2)17-9-7-15(8-10-17)13-21-18-11-6-14(3)19(20)12-18/h6-13,16H,4-5H2,1-3H3. The summed E-state index contributed by atoms with van der Waals surface area (Å²) in [7, 11) is 0. The molecule has 2 aromatic rings. The molecule has 0 heterocycles. The van der Waals surface area contributed by atoms with E-state index in [1.54, 1.807) is 0 Å². The fourth-order valence-corrected chi connectivity index (χ4v) is 2.60. The van der Waals surface area contributed by atoms with Crippen molar-refractivity contribution in [3.63, 3.8) is 0 Å². The van der Waals surface area contributed by atoms with Gasteiger partial charge in [0, 0.05) is 11.2 Å². The normalized spacial score (nSPS) is 11.5. The SMILES string of the molecule is CCC(CC)c1ccc(C=Nc2ccc(C)c(Cl)c2)cc1. The summed E-state index contributed by atoms with van der Waals surface area (Å²) in [4.78, 5) is 4.48. The Labute approximate surface area is 132 Å².